The summed E-state index contributed by atoms with van der Waals surface area (Å²) in [6.45, 7) is 23.2. The van der Waals surface area contributed by atoms with Crippen LogP contribution in [-0.2, 0) is 0 Å². The van der Waals surface area contributed by atoms with Crippen LogP contribution in [0.5, 0.6) is 0 Å². The maximum Gasteiger partial charge on any atom is 0.335 e. The van der Waals surface area contributed by atoms with Crippen molar-refractivity contribution in [2.45, 2.75) is 111 Å². The number of piperazine rings is 1. The number of rotatable bonds is 5. The molecule has 48 heavy (non-hydrogen) atoms. The number of nitrogens with one attached hydrogen (secondary N) is 2. The average molecular weight is 656 g/mol. The Morgan fingerprint density at radius 2 is 1.62 bits per heavy atom. The van der Waals surface area contributed by atoms with Crippen molar-refractivity contribution < 1.29 is 14.7 Å². The van der Waals surface area contributed by atoms with Crippen molar-refractivity contribution in [3.8, 4) is 0 Å². The van der Waals surface area contributed by atoms with Crippen LogP contribution in [0.4, 0.5) is 4.79 Å². The van der Waals surface area contributed by atoms with Gasteiger partial charge in [-0.25, -0.2) is 9.59 Å². The first kappa shape index (κ1) is 33.9. The quantitative estimate of drug-likeness (QED) is 0.277. The number of benzene rings is 1. The number of fused-ring (bicyclic) bond motifs is 7. The van der Waals surface area contributed by atoms with Crippen LogP contribution in [0.15, 0.2) is 42.5 Å². The number of allylic oxidation sites excluding steroid dienone is 3. The third kappa shape index (κ3) is 4.81. The second kappa shape index (κ2) is 11.7. The van der Waals surface area contributed by atoms with E-state index in [2.05, 4.69) is 64.8 Å². The van der Waals surface area contributed by atoms with E-state index in [-0.39, 0.29) is 33.2 Å². The van der Waals surface area contributed by atoms with Crippen LogP contribution in [0, 0.1) is 51.2 Å². The van der Waals surface area contributed by atoms with Gasteiger partial charge < -0.3 is 20.6 Å². The summed E-state index contributed by atoms with van der Waals surface area (Å²) < 4.78 is 0. The van der Waals surface area contributed by atoms with Crippen molar-refractivity contribution in [3.63, 3.8) is 0 Å². The van der Waals surface area contributed by atoms with E-state index in [0.717, 1.165) is 58.3 Å². The number of urea groups is 1. The molecule has 0 spiro atoms. The molecular weight excluding hydrogens is 594 g/mol. The number of carboxylic acids is 1. The summed E-state index contributed by atoms with van der Waals surface area (Å²) in [5, 5.41) is 16.7. The van der Waals surface area contributed by atoms with E-state index >= 15 is 0 Å². The molecule has 2 amide bonds. The van der Waals surface area contributed by atoms with Crippen molar-refractivity contribution >= 4 is 17.6 Å². The Labute approximate surface area is 289 Å². The molecule has 4 saturated carbocycles. The van der Waals surface area contributed by atoms with Crippen molar-refractivity contribution in [1.29, 1.82) is 0 Å². The van der Waals surface area contributed by atoms with Crippen LogP contribution < -0.4 is 10.6 Å². The lowest BCUT2D eigenvalue weighted by atomic mass is 9.33. The Kier molecular flexibility index (Phi) is 8.29. The summed E-state index contributed by atoms with van der Waals surface area (Å²) in [7, 11) is 0. The van der Waals surface area contributed by atoms with E-state index < -0.39 is 5.97 Å². The van der Waals surface area contributed by atoms with Gasteiger partial charge in [0.05, 0.1) is 5.56 Å². The van der Waals surface area contributed by atoms with Crippen LogP contribution in [0.1, 0.15) is 122 Å². The maximum absolute atomic E-state index is 13.8. The molecule has 5 aliphatic carbocycles. The summed E-state index contributed by atoms with van der Waals surface area (Å²) in [5.74, 6) is 1.88. The molecule has 3 N–H and O–H groups in total. The first-order chi connectivity index (χ1) is 22.7. The Bertz CT molecular complexity index is 1490. The minimum Gasteiger partial charge on any atom is -0.478 e. The number of hydrogen-bond donors (Lipinski definition) is 3. The van der Waals surface area contributed by atoms with Gasteiger partial charge in [0.15, 0.2) is 0 Å². The number of hydrogen-bond acceptors (Lipinski definition) is 3. The lowest BCUT2D eigenvalue weighted by molar-refractivity contribution is -0.218. The van der Waals surface area contributed by atoms with E-state index in [4.69, 9.17) is 0 Å². The average Bonchev–Trinajstić information content (AvgIpc) is 3.44. The Balaban J connectivity index is 1.21. The largest absolute Gasteiger partial charge is 0.478 e. The van der Waals surface area contributed by atoms with Gasteiger partial charge >= 0.3 is 12.0 Å². The fraction of sp³-hybridized carbons (Fsp3) is 0.714. The zero-order chi connectivity index (χ0) is 34.3. The van der Waals surface area contributed by atoms with Crippen molar-refractivity contribution in [3.05, 3.63) is 53.6 Å². The number of amides is 2. The van der Waals surface area contributed by atoms with Crippen LogP contribution in [0.3, 0.4) is 0 Å². The molecule has 6 heteroatoms. The predicted octanol–water partition coefficient (Wildman–Crippen LogP) is 8.79. The highest BCUT2D eigenvalue weighted by atomic mass is 16.4. The summed E-state index contributed by atoms with van der Waals surface area (Å²) >= 11 is 0. The molecule has 0 bridgehead atoms. The molecule has 262 valence electrons. The molecular formula is C42H61N3O3. The Morgan fingerprint density at radius 3 is 2.29 bits per heavy atom. The van der Waals surface area contributed by atoms with Gasteiger partial charge in [-0.05, 0) is 139 Å². The molecule has 1 saturated heterocycles. The smallest absolute Gasteiger partial charge is 0.335 e. The number of carbonyl (C=O) groups is 2. The van der Waals surface area contributed by atoms with E-state index in [9.17, 15) is 14.7 Å². The lowest BCUT2D eigenvalue weighted by Crippen LogP contribution is -2.69. The van der Waals surface area contributed by atoms with Gasteiger partial charge in [0.2, 0.25) is 0 Å². The predicted molar refractivity (Wildman–Crippen MR) is 194 cm³/mol. The van der Waals surface area contributed by atoms with Gasteiger partial charge in [-0.15, -0.1) is 0 Å². The number of nitrogens with zero attached hydrogens (tertiary/aromatic N) is 1. The summed E-state index contributed by atoms with van der Waals surface area (Å²) in [5.41, 5.74) is 4.85. The van der Waals surface area contributed by atoms with Gasteiger partial charge in [-0.2, -0.15) is 0 Å². The summed E-state index contributed by atoms with van der Waals surface area (Å²) in [6, 6.07) is 7.74. The summed E-state index contributed by atoms with van der Waals surface area (Å²) in [4.78, 5) is 27.4. The number of aromatic carboxylic acids is 1. The third-order valence-electron chi connectivity index (χ3n) is 16.2. The van der Waals surface area contributed by atoms with Crippen LogP contribution >= 0.6 is 0 Å². The van der Waals surface area contributed by atoms with Crippen LogP contribution in [-0.4, -0.2) is 53.7 Å². The highest BCUT2D eigenvalue weighted by molar-refractivity contribution is 5.88. The zero-order valence-corrected chi connectivity index (χ0v) is 30.6. The van der Waals surface area contributed by atoms with Crippen LogP contribution in [0.25, 0.3) is 5.57 Å². The normalized spacial score (nSPS) is 41.6. The van der Waals surface area contributed by atoms with Crippen molar-refractivity contribution in [2.75, 3.05) is 26.2 Å². The van der Waals surface area contributed by atoms with E-state index in [1.807, 2.05) is 17.0 Å². The second-order valence-corrected chi connectivity index (χ2v) is 18.1. The fourth-order valence-corrected chi connectivity index (χ4v) is 13.6. The minimum atomic E-state index is -0.869. The Hall–Kier alpha value is -2.60. The molecule has 6 nitrogen and oxygen atoms in total. The standard InChI is InChI=1S/C42H61N3O3/c1-8-27(2)30-15-20-42(44-37(48)45-25-23-43-24-26-45)22-21-40(6)32(35(30)42)13-14-34-39(5)18-16-31(28-9-11-29(12-10-28)36(46)47)38(3,4)33(39)17-19-41(34,40)7/h9-12,16,30,32-35,43H,2,8,13-15,17-26H2,1,3-7H3,(H,44,48)(H,46,47)/t30-,32+,33-,34+,35+,39-,40+,41+,42?/m0/s1. The van der Waals surface area contributed by atoms with Gasteiger partial charge in [0.1, 0.15) is 0 Å². The highest BCUT2D eigenvalue weighted by Gasteiger charge is 2.70. The second-order valence-electron chi connectivity index (χ2n) is 18.1. The molecule has 1 aromatic rings. The fourth-order valence-electron chi connectivity index (χ4n) is 13.6. The molecule has 9 atom stereocenters. The lowest BCUT2D eigenvalue weighted by Gasteiger charge is -2.72. The molecule has 5 fully saturated rings. The third-order valence-corrected chi connectivity index (χ3v) is 16.2. The van der Waals surface area contributed by atoms with Crippen molar-refractivity contribution in [2.24, 2.45) is 51.2 Å². The first-order valence-corrected chi connectivity index (χ1v) is 19.2. The summed E-state index contributed by atoms with van der Waals surface area (Å²) in [6.07, 6.45) is 14.1. The first-order valence-electron chi connectivity index (χ1n) is 19.2. The monoisotopic (exact) mass is 655 g/mol. The van der Waals surface area contributed by atoms with E-state index in [1.165, 1.54) is 48.8 Å². The topological polar surface area (TPSA) is 81.7 Å². The number of carbonyl (C=O) groups excluding carboxylic acids is 1. The molecule has 1 heterocycles. The van der Waals surface area contributed by atoms with Gasteiger partial charge in [-0.3, -0.25) is 0 Å². The molecule has 0 radical (unpaired) electrons. The molecule has 0 aromatic heterocycles. The SMILES string of the molecule is C=C(CC)[C@@H]1CCC2(NC(=O)N3CCNCC3)CC[C@]3(C)[C@H](CC[C@@H]4[C@@]5(C)CC=C(c6ccc(C(=O)O)cc6)C(C)(C)[C@@H]5CC[C@]43C)[C@@H]12. The maximum atomic E-state index is 13.8. The van der Waals surface area contributed by atoms with Gasteiger partial charge in [-0.1, -0.05) is 71.9 Å². The molecule has 7 rings (SSSR count). The van der Waals surface area contributed by atoms with E-state index in [0.29, 0.717) is 35.2 Å². The highest BCUT2D eigenvalue weighted by Crippen LogP contribution is 2.76. The van der Waals surface area contributed by atoms with Gasteiger partial charge in [0.25, 0.3) is 0 Å². The zero-order valence-electron chi connectivity index (χ0n) is 30.6. The van der Waals surface area contributed by atoms with E-state index in [1.54, 1.807) is 12.1 Å². The Morgan fingerprint density at radius 1 is 0.917 bits per heavy atom. The molecule has 1 aromatic carbocycles. The van der Waals surface area contributed by atoms with Crippen LogP contribution in [0.2, 0.25) is 0 Å². The molecule has 1 aliphatic heterocycles. The number of carboxylic acid groups (broad SMARTS) is 1. The minimum absolute atomic E-state index is 0.00219. The molecule has 1 unspecified atom stereocenters. The van der Waals surface area contributed by atoms with Crippen molar-refractivity contribution in [1.82, 2.24) is 15.5 Å². The molecule has 6 aliphatic rings. The van der Waals surface area contributed by atoms with Gasteiger partial charge in [0, 0.05) is 31.7 Å².